The molecule has 5 nitrogen and oxygen atoms in total. The van der Waals surface area contributed by atoms with E-state index in [1.807, 2.05) is 26.0 Å². The van der Waals surface area contributed by atoms with Crippen LogP contribution >= 0.6 is 0 Å². The molecule has 0 radical (unpaired) electrons. The van der Waals surface area contributed by atoms with E-state index in [9.17, 15) is 13.2 Å². The summed E-state index contributed by atoms with van der Waals surface area (Å²) in [7, 11) is -3.70. The summed E-state index contributed by atoms with van der Waals surface area (Å²) < 4.78 is 27.7. The largest absolute Gasteiger partial charge is 0.339 e. The van der Waals surface area contributed by atoms with Crippen LogP contribution in [0.4, 0.5) is 5.69 Å². The Kier molecular flexibility index (Phi) is 6.42. The molecule has 2 aromatic rings. The highest BCUT2D eigenvalue weighted by Crippen LogP contribution is 2.20. The van der Waals surface area contributed by atoms with Crippen molar-refractivity contribution >= 4 is 21.6 Å². The second-order valence-electron chi connectivity index (χ2n) is 6.38. The quantitative estimate of drug-likeness (QED) is 0.794. The molecule has 0 saturated carbocycles. The SMILES string of the molecule is CCN(CC)C(=O)c1ccc(S(=O)(=O)Nc2ccc(C(C)C)cc2)cc1. The molecule has 0 fully saturated rings. The Labute approximate surface area is 156 Å². The summed E-state index contributed by atoms with van der Waals surface area (Å²) in [6.45, 7) is 9.22. The molecule has 1 N–H and O–H groups in total. The third-order valence-corrected chi connectivity index (χ3v) is 5.69. The lowest BCUT2D eigenvalue weighted by Gasteiger charge is -2.18. The van der Waals surface area contributed by atoms with E-state index >= 15 is 0 Å². The van der Waals surface area contributed by atoms with Gasteiger partial charge in [0.2, 0.25) is 0 Å². The first kappa shape index (κ1) is 20.0. The van der Waals surface area contributed by atoms with Gasteiger partial charge in [0.05, 0.1) is 4.90 Å². The van der Waals surface area contributed by atoms with E-state index in [-0.39, 0.29) is 10.8 Å². The summed E-state index contributed by atoms with van der Waals surface area (Å²) in [6, 6.07) is 13.4. The van der Waals surface area contributed by atoms with E-state index in [2.05, 4.69) is 18.6 Å². The Morgan fingerprint density at radius 2 is 1.50 bits per heavy atom. The van der Waals surface area contributed by atoms with Crippen molar-refractivity contribution in [2.24, 2.45) is 0 Å². The van der Waals surface area contributed by atoms with Gasteiger partial charge in [0.25, 0.3) is 15.9 Å². The standard InChI is InChI=1S/C20H26N2O3S/c1-5-22(6-2)20(23)17-9-13-19(14-10-17)26(24,25)21-18-11-7-16(8-12-18)15(3)4/h7-15,21H,5-6H2,1-4H3. The highest BCUT2D eigenvalue weighted by molar-refractivity contribution is 7.92. The van der Waals surface area contributed by atoms with Gasteiger partial charge < -0.3 is 4.90 Å². The van der Waals surface area contributed by atoms with Crippen LogP contribution in [0.3, 0.4) is 0 Å². The van der Waals surface area contributed by atoms with Crippen molar-refractivity contribution in [3.8, 4) is 0 Å². The Balaban J connectivity index is 2.17. The minimum absolute atomic E-state index is 0.101. The molecule has 0 heterocycles. The lowest BCUT2D eigenvalue weighted by molar-refractivity contribution is 0.0773. The van der Waals surface area contributed by atoms with Gasteiger partial charge in [-0.25, -0.2) is 8.42 Å². The molecule has 26 heavy (non-hydrogen) atoms. The number of carbonyl (C=O) groups excluding carboxylic acids is 1. The molecule has 0 unspecified atom stereocenters. The Bertz CT molecular complexity index is 838. The van der Waals surface area contributed by atoms with Crippen molar-refractivity contribution in [2.45, 2.75) is 38.5 Å². The molecule has 6 heteroatoms. The second kappa shape index (κ2) is 8.36. The monoisotopic (exact) mass is 374 g/mol. The topological polar surface area (TPSA) is 66.5 Å². The zero-order chi connectivity index (χ0) is 19.3. The third-order valence-electron chi connectivity index (χ3n) is 4.29. The number of rotatable bonds is 7. The van der Waals surface area contributed by atoms with Gasteiger partial charge in [-0.1, -0.05) is 26.0 Å². The summed E-state index contributed by atoms with van der Waals surface area (Å²) in [5, 5.41) is 0. The molecule has 0 atom stereocenters. The molecule has 0 spiro atoms. The Morgan fingerprint density at radius 3 is 1.96 bits per heavy atom. The van der Waals surface area contributed by atoms with Crippen LogP contribution in [0, 0.1) is 0 Å². The fourth-order valence-corrected chi connectivity index (χ4v) is 3.68. The van der Waals surface area contributed by atoms with Crippen LogP contribution in [-0.4, -0.2) is 32.3 Å². The molecular weight excluding hydrogens is 348 g/mol. The number of nitrogens with zero attached hydrogens (tertiary/aromatic N) is 1. The lowest BCUT2D eigenvalue weighted by atomic mass is 10.0. The van der Waals surface area contributed by atoms with Crippen molar-refractivity contribution < 1.29 is 13.2 Å². The second-order valence-corrected chi connectivity index (χ2v) is 8.07. The zero-order valence-corrected chi connectivity index (χ0v) is 16.5. The van der Waals surface area contributed by atoms with E-state index in [0.29, 0.717) is 30.3 Å². The van der Waals surface area contributed by atoms with Crippen molar-refractivity contribution in [2.75, 3.05) is 17.8 Å². The number of hydrogen-bond donors (Lipinski definition) is 1. The average molecular weight is 375 g/mol. The highest BCUT2D eigenvalue weighted by atomic mass is 32.2. The van der Waals surface area contributed by atoms with Crippen molar-refractivity contribution in [1.82, 2.24) is 4.90 Å². The fraction of sp³-hybridized carbons (Fsp3) is 0.350. The van der Waals surface area contributed by atoms with E-state index in [1.165, 1.54) is 12.1 Å². The summed E-state index contributed by atoms with van der Waals surface area (Å²) in [5.74, 6) is 0.285. The van der Waals surface area contributed by atoms with Crippen LogP contribution in [0.25, 0.3) is 0 Å². The van der Waals surface area contributed by atoms with Gasteiger partial charge in [0.1, 0.15) is 0 Å². The predicted octanol–water partition coefficient (Wildman–Crippen LogP) is 4.09. The van der Waals surface area contributed by atoms with Crippen LogP contribution in [-0.2, 0) is 10.0 Å². The van der Waals surface area contributed by atoms with Crippen LogP contribution in [0.5, 0.6) is 0 Å². The van der Waals surface area contributed by atoms with Gasteiger partial charge in [-0.15, -0.1) is 0 Å². The minimum atomic E-state index is -3.70. The van der Waals surface area contributed by atoms with Gasteiger partial charge >= 0.3 is 0 Å². The van der Waals surface area contributed by atoms with Gasteiger partial charge in [-0.05, 0) is 61.7 Å². The first-order chi connectivity index (χ1) is 12.3. The third kappa shape index (κ3) is 4.64. The molecule has 140 valence electrons. The normalized spacial score (nSPS) is 11.4. The van der Waals surface area contributed by atoms with Crippen molar-refractivity contribution in [3.63, 3.8) is 0 Å². The summed E-state index contributed by atoms with van der Waals surface area (Å²) in [6.07, 6.45) is 0. The number of hydrogen-bond acceptors (Lipinski definition) is 3. The first-order valence-corrected chi connectivity index (χ1v) is 10.3. The smallest absolute Gasteiger partial charge is 0.261 e. The molecule has 0 saturated heterocycles. The van der Waals surface area contributed by atoms with Crippen LogP contribution in [0.2, 0.25) is 0 Å². The first-order valence-electron chi connectivity index (χ1n) is 8.80. The molecule has 0 aliphatic rings. The number of anilines is 1. The van der Waals surface area contributed by atoms with Gasteiger partial charge in [-0.3, -0.25) is 9.52 Å². The Hall–Kier alpha value is -2.34. The van der Waals surface area contributed by atoms with E-state index in [4.69, 9.17) is 0 Å². The van der Waals surface area contributed by atoms with E-state index < -0.39 is 10.0 Å². The minimum Gasteiger partial charge on any atom is -0.339 e. The Morgan fingerprint density at radius 1 is 0.962 bits per heavy atom. The van der Waals surface area contributed by atoms with Gasteiger partial charge in [0.15, 0.2) is 0 Å². The maximum absolute atomic E-state index is 12.5. The molecule has 0 aromatic heterocycles. The van der Waals surface area contributed by atoms with Crippen LogP contribution in [0.1, 0.15) is 49.5 Å². The molecule has 0 aliphatic heterocycles. The summed E-state index contributed by atoms with van der Waals surface area (Å²) >= 11 is 0. The fourth-order valence-electron chi connectivity index (χ4n) is 2.62. The lowest BCUT2D eigenvalue weighted by Crippen LogP contribution is -2.30. The van der Waals surface area contributed by atoms with E-state index in [0.717, 1.165) is 5.56 Å². The van der Waals surface area contributed by atoms with Crippen molar-refractivity contribution in [3.05, 3.63) is 59.7 Å². The molecule has 1 amide bonds. The van der Waals surface area contributed by atoms with E-state index in [1.54, 1.807) is 29.2 Å². The van der Waals surface area contributed by atoms with Crippen LogP contribution < -0.4 is 4.72 Å². The predicted molar refractivity (Wildman–Crippen MR) is 105 cm³/mol. The molecule has 2 aromatic carbocycles. The summed E-state index contributed by atoms with van der Waals surface area (Å²) in [4.78, 5) is 14.1. The molecule has 0 bridgehead atoms. The highest BCUT2D eigenvalue weighted by Gasteiger charge is 2.17. The average Bonchev–Trinajstić information content (AvgIpc) is 2.63. The van der Waals surface area contributed by atoms with Crippen molar-refractivity contribution in [1.29, 1.82) is 0 Å². The molecule has 0 aliphatic carbocycles. The number of benzene rings is 2. The maximum atomic E-state index is 12.5. The zero-order valence-electron chi connectivity index (χ0n) is 15.7. The molecule has 2 rings (SSSR count). The van der Waals surface area contributed by atoms with Gasteiger partial charge in [-0.2, -0.15) is 0 Å². The number of nitrogens with one attached hydrogen (secondary N) is 1. The number of carbonyl (C=O) groups is 1. The van der Waals surface area contributed by atoms with Gasteiger partial charge in [0, 0.05) is 24.3 Å². The van der Waals surface area contributed by atoms with Crippen LogP contribution in [0.15, 0.2) is 53.4 Å². The molecular formula is C20H26N2O3S. The maximum Gasteiger partial charge on any atom is 0.261 e. The summed E-state index contributed by atoms with van der Waals surface area (Å²) in [5.41, 5.74) is 2.14. The number of amides is 1. The number of sulfonamides is 1.